The van der Waals surface area contributed by atoms with E-state index >= 15 is 0 Å². The predicted molar refractivity (Wildman–Crippen MR) is 98.6 cm³/mol. The second-order valence-electron chi connectivity index (χ2n) is 7.32. The van der Waals surface area contributed by atoms with E-state index in [9.17, 15) is 8.42 Å². The summed E-state index contributed by atoms with van der Waals surface area (Å²) in [6.45, 7) is 9.84. The lowest BCUT2D eigenvalue weighted by molar-refractivity contribution is 0.00578. The van der Waals surface area contributed by atoms with Gasteiger partial charge < -0.3 is 9.31 Å². The second-order valence-corrected chi connectivity index (χ2v) is 9.14. The topological polar surface area (TPSA) is 57.5 Å². The van der Waals surface area contributed by atoms with Crippen molar-refractivity contribution in [1.29, 1.82) is 0 Å². The molecule has 25 heavy (non-hydrogen) atoms. The molecule has 1 aromatic heterocycles. The third kappa shape index (κ3) is 3.05. The van der Waals surface area contributed by atoms with Crippen molar-refractivity contribution in [1.82, 2.24) is 3.97 Å². The molecule has 0 bridgehead atoms. The van der Waals surface area contributed by atoms with E-state index in [1.807, 2.05) is 40.7 Å². The molecule has 0 N–H and O–H groups in total. The van der Waals surface area contributed by atoms with Crippen LogP contribution in [0.3, 0.4) is 0 Å². The molecule has 0 spiro atoms. The fraction of sp³-hybridized carbons (Fsp3) is 0.444. The van der Waals surface area contributed by atoms with Crippen molar-refractivity contribution in [3.05, 3.63) is 48.3 Å². The highest BCUT2D eigenvalue weighted by Crippen LogP contribution is 2.36. The first kappa shape index (κ1) is 18.2. The zero-order chi connectivity index (χ0) is 18.5. The summed E-state index contributed by atoms with van der Waals surface area (Å²) < 4.78 is 39.4. The summed E-state index contributed by atoms with van der Waals surface area (Å²) in [6, 6.07) is 10.3. The smallest absolute Gasteiger partial charge is 0.399 e. The SMILES string of the molecule is CCc1cc(B2OC(C)(C)C(C)(C)O2)cn1S(=O)(=O)c1ccccc1. The zero-order valence-electron chi connectivity index (χ0n) is 15.3. The number of aromatic nitrogens is 1. The summed E-state index contributed by atoms with van der Waals surface area (Å²) in [5.74, 6) is 0. The van der Waals surface area contributed by atoms with Crippen molar-refractivity contribution < 1.29 is 17.7 Å². The van der Waals surface area contributed by atoms with Gasteiger partial charge >= 0.3 is 7.12 Å². The van der Waals surface area contributed by atoms with Gasteiger partial charge in [0.1, 0.15) is 0 Å². The minimum absolute atomic E-state index is 0.265. The molecule has 3 rings (SSSR count). The van der Waals surface area contributed by atoms with Gasteiger partial charge in [-0.05, 0) is 52.3 Å². The average Bonchev–Trinajstić information content (AvgIpc) is 3.07. The Balaban J connectivity index is 2.02. The van der Waals surface area contributed by atoms with Crippen LogP contribution in [0.4, 0.5) is 0 Å². The first-order valence-electron chi connectivity index (χ1n) is 8.46. The molecule has 0 unspecified atom stereocenters. The zero-order valence-corrected chi connectivity index (χ0v) is 16.1. The summed E-state index contributed by atoms with van der Waals surface area (Å²) in [7, 11) is -4.22. The Morgan fingerprint density at radius 2 is 1.60 bits per heavy atom. The summed E-state index contributed by atoms with van der Waals surface area (Å²) in [5, 5.41) is 0. The van der Waals surface area contributed by atoms with Gasteiger partial charge in [0.25, 0.3) is 10.0 Å². The lowest BCUT2D eigenvalue weighted by Gasteiger charge is -2.32. The van der Waals surface area contributed by atoms with Crippen molar-refractivity contribution in [2.24, 2.45) is 0 Å². The van der Waals surface area contributed by atoms with Crippen LogP contribution < -0.4 is 5.46 Å². The molecule has 1 saturated heterocycles. The van der Waals surface area contributed by atoms with Crippen LogP contribution in [-0.2, 0) is 25.8 Å². The molecule has 0 atom stereocenters. The number of rotatable bonds is 4. The van der Waals surface area contributed by atoms with Crippen LogP contribution in [0.2, 0.25) is 0 Å². The second kappa shape index (κ2) is 6.00. The molecule has 1 aliphatic rings. The van der Waals surface area contributed by atoms with Gasteiger partial charge in [0.2, 0.25) is 0 Å². The Hall–Kier alpha value is -1.57. The fourth-order valence-electron chi connectivity index (χ4n) is 2.81. The number of benzene rings is 1. The van der Waals surface area contributed by atoms with Crippen molar-refractivity contribution in [2.75, 3.05) is 0 Å². The van der Waals surface area contributed by atoms with Gasteiger partial charge in [0.15, 0.2) is 0 Å². The van der Waals surface area contributed by atoms with Crippen LogP contribution in [0.1, 0.15) is 40.3 Å². The number of nitrogens with zero attached hydrogens (tertiary/aromatic N) is 1. The van der Waals surface area contributed by atoms with E-state index in [2.05, 4.69) is 0 Å². The van der Waals surface area contributed by atoms with Crippen molar-refractivity contribution >= 4 is 22.6 Å². The highest BCUT2D eigenvalue weighted by atomic mass is 32.2. The molecule has 0 amide bonds. The average molecular weight is 361 g/mol. The lowest BCUT2D eigenvalue weighted by atomic mass is 9.81. The summed E-state index contributed by atoms with van der Waals surface area (Å²) >= 11 is 0. The molecular weight excluding hydrogens is 337 g/mol. The first-order valence-corrected chi connectivity index (χ1v) is 9.90. The van der Waals surface area contributed by atoms with Crippen LogP contribution in [0.5, 0.6) is 0 Å². The fourth-order valence-corrected chi connectivity index (χ4v) is 4.29. The summed E-state index contributed by atoms with van der Waals surface area (Å²) in [6.07, 6.45) is 2.20. The Morgan fingerprint density at radius 1 is 1.04 bits per heavy atom. The van der Waals surface area contributed by atoms with E-state index in [0.29, 0.717) is 12.1 Å². The number of hydrogen-bond donors (Lipinski definition) is 0. The highest BCUT2D eigenvalue weighted by Gasteiger charge is 2.52. The van der Waals surface area contributed by atoms with Crippen LogP contribution in [0, 0.1) is 0 Å². The maximum absolute atomic E-state index is 13.0. The lowest BCUT2D eigenvalue weighted by Crippen LogP contribution is -2.41. The Labute approximate surface area is 150 Å². The maximum Gasteiger partial charge on any atom is 0.496 e. The molecule has 0 aliphatic carbocycles. The van der Waals surface area contributed by atoms with Gasteiger partial charge in [-0.2, -0.15) is 0 Å². The highest BCUT2D eigenvalue weighted by molar-refractivity contribution is 7.90. The number of aryl methyl sites for hydroxylation is 1. The van der Waals surface area contributed by atoms with Gasteiger partial charge in [-0.3, -0.25) is 0 Å². The third-order valence-electron chi connectivity index (χ3n) is 5.07. The van der Waals surface area contributed by atoms with E-state index in [1.54, 1.807) is 36.5 Å². The molecule has 134 valence electrons. The molecule has 1 fully saturated rings. The quantitative estimate of drug-likeness (QED) is 0.786. The van der Waals surface area contributed by atoms with Crippen LogP contribution in [0.15, 0.2) is 47.5 Å². The van der Waals surface area contributed by atoms with Crippen molar-refractivity contribution in [2.45, 2.75) is 57.1 Å². The molecular formula is C18H24BNO4S. The van der Waals surface area contributed by atoms with E-state index in [4.69, 9.17) is 9.31 Å². The van der Waals surface area contributed by atoms with Crippen LogP contribution >= 0.6 is 0 Å². The van der Waals surface area contributed by atoms with Crippen LogP contribution in [0.25, 0.3) is 0 Å². The minimum atomic E-state index is -3.64. The van der Waals surface area contributed by atoms with E-state index in [1.165, 1.54) is 3.97 Å². The normalized spacial score (nSPS) is 19.3. The van der Waals surface area contributed by atoms with Gasteiger partial charge in [-0.1, -0.05) is 25.1 Å². The molecule has 0 radical (unpaired) electrons. The molecule has 1 aliphatic heterocycles. The van der Waals surface area contributed by atoms with E-state index in [-0.39, 0.29) is 4.90 Å². The third-order valence-corrected chi connectivity index (χ3v) is 6.80. The molecule has 1 aromatic carbocycles. The van der Waals surface area contributed by atoms with Gasteiger partial charge in [0.05, 0.1) is 16.1 Å². The van der Waals surface area contributed by atoms with Gasteiger partial charge in [0, 0.05) is 17.4 Å². The van der Waals surface area contributed by atoms with E-state index < -0.39 is 28.3 Å². The first-order chi connectivity index (χ1) is 11.6. The number of hydrogen-bond acceptors (Lipinski definition) is 4. The molecule has 2 heterocycles. The Bertz CT molecular complexity index is 856. The summed E-state index contributed by atoms with van der Waals surface area (Å²) in [4.78, 5) is 0.265. The predicted octanol–water partition coefficient (Wildman–Crippen LogP) is 2.59. The van der Waals surface area contributed by atoms with Crippen LogP contribution in [-0.4, -0.2) is 30.7 Å². The minimum Gasteiger partial charge on any atom is -0.399 e. The van der Waals surface area contributed by atoms with Gasteiger partial charge in [-0.15, -0.1) is 0 Å². The van der Waals surface area contributed by atoms with Crippen molar-refractivity contribution in [3.8, 4) is 0 Å². The van der Waals surface area contributed by atoms with Gasteiger partial charge in [-0.25, -0.2) is 12.4 Å². The Morgan fingerprint density at radius 3 is 2.12 bits per heavy atom. The van der Waals surface area contributed by atoms with Crippen molar-refractivity contribution in [3.63, 3.8) is 0 Å². The molecule has 0 saturated carbocycles. The Kier molecular flexibility index (Phi) is 4.38. The van der Waals surface area contributed by atoms with E-state index in [0.717, 1.165) is 5.46 Å². The molecule has 2 aromatic rings. The maximum atomic E-state index is 13.0. The molecule has 7 heteroatoms. The standard InChI is InChI=1S/C18H24BNO4S/c1-6-15-12-14(19-23-17(2,3)18(4,5)24-19)13-20(15)25(21,22)16-10-8-7-9-11-16/h7-13H,6H2,1-5H3. The monoisotopic (exact) mass is 361 g/mol. The summed E-state index contributed by atoms with van der Waals surface area (Å²) in [5.41, 5.74) is 0.484. The molecule has 5 nitrogen and oxygen atoms in total. The largest absolute Gasteiger partial charge is 0.496 e.